The summed E-state index contributed by atoms with van der Waals surface area (Å²) in [6, 6.07) is 16.7. The average molecular weight is 377 g/mol. The van der Waals surface area contributed by atoms with Gasteiger partial charge in [0.05, 0.1) is 0 Å². The molecular weight excluding hydrogens is 367 g/mol. The number of aromatic nitrogens is 1. The molecule has 2 heteroatoms. The van der Waals surface area contributed by atoms with Gasteiger partial charge in [-0.25, -0.2) is 0 Å². The number of benzene rings is 1. The first kappa shape index (κ1) is 12.2. The average Bonchev–Trinajstić information content (AvgIpc) is 2.19. The van der Waals surface area contributed by atoms with Crippen molar-refractivity contribution < 1.29 is 22.4 Å². The van der Waals surface area contributed by atoms with Gasteiger partial charge in [-0.15, -0.1) is 0 Å². The van der Waals surface area contributed by atoms with Crippen molar-refractivity contribution in [2.24, 2.45) is 0 Å². The molecule has 0 aliphatic rings. The standard InChI is InChI=1S/C13H10N.Au/c1-11-6-5-9-13(14-11)10-12-7-3-2-4-8-12;/h1-7,9H,10H2;/q-1;+1. The third-order valence-corrected chi connectivity index (χ3v) is 1.97. The van der Waals surface area contributed by atoms with Gasteiger partial charge in [-0.3, -0.25) is 4.98 Å². The molecule has 0 amide bonds. The Labute approximate surface area is 106 Å². The van der Waals surface area contributed by atoms with Gasteiger partial charge < -0.3 is 0 Å². The van der Waals surface area contributed by atoms with Crippen LogP contribution in [0.1, 0.15) is 17.0 Å². The molecule has 1 aromatic heterocycles. The molecule has 1 aromatic carbocycles. The molecule has 0 bridgehead atoms. The molecule has 0 saturated carbocycles. The zero-order valence-electron chi connectivity index (χ0n) is 8.07. The zero-order chi connectivity index (χ0) is 9.80. The van der Waals surface area contributed by atoms with E-state index in [4.69, 9.17) is 6.92 Å². The van der Waals surface area contributed by atoms with Crippen molar-refractivity contribution in [2.75, 3.05) is 0 Å². The molecule has 78 valence electrons. The van der Waals surface area contributed by atoms with Gasteiger partial charge in [0.2, 0.25) is 0 Å². The second-order valence-corrected chi connectivity index (χ2v) is 3.12. The molecular formula is C13H10AuN. The minimum Gasteiger partial charge on any atom is -0.257 e. The van der Waals surface area contributed by atoms with E-state index in [0.29, 0.717) is 5.69 Å². The SMILES string of the molecule is [Au+].[CH]c1cccc(Cc2[c-]cccc2)n1. The quantitative estimate of drug-likeness (QED) is 0.579. The van der Waals surface area contributed by atoms with Crippen molar-refractivity contribution in [3.05, 3.63) is 72.4 Å². The fourth-order valence-electron chi connectivity index (χ4n) is 1.33. The van der Waals surface area contributed by atoms with Gasteiger partial charge in [0.1, 0.15) is 0 Å². The summed E-state index contributed by atoms with van der Waals surface area (Å²) in [6.07, 6.45) is 0.784. The molecule has 2 rings (SSSR count). The van der Waals surface area contributed by atoms with Gasteiger partial charge in [0, 0.05) is 18.3 Å². The molecule has 0 aliphatic heterocycles. The number of pyridine rings is 1. The van der Waals surface area contributed by atoms with Crippen LogP contribution in [0.25, 0.3) is 0 Å². The molecule has 15 heavy (non-hydrogen) atoms. The van der Waals surface area contributed by atoms with Crippen molar-refractivity contribution in [1.29, 1.82) is 0 Å². The minimum atomic E-state index is 0. The predicted octanol–water partition coefficient (Wildman–Crippen LogP) is 2.53. The van der Waals surface area contributed by atoms with E-state index in [1.807, 2.05) is 36.4 Å². The molecule has 0 fully saturated rings. The molecule has 2 radical (unpaired) electrons. The summed E-state index contributed by atoms with van der Waals surface area (Å²) in [5.41, 5.74) is 2.68. The monoisotopic (exact) mass is 377 g/mol. The molecule has 0 saturated heterocycles. The van der Waals surface area contributed by atoms with E-state index in [1.165, 1.54) is 0 Å². The maximum Gasteiger partial charge on any atom is 1.00 e. The van der Waals surface area contributed by atoms with E-state index in [1.54, 1.807) is 6.07 Å². The fourth-order valence-corrected chi connectivity index (χ4v) is 1.33. The van der Waals surface area contributed by atoms with Gasteiger partial charge in [-0.1, -0.05) is 6.07 Å². The maximum absolute atomic E-state index is 5.59. The van der Waals surface area contributed by atoms with Crippen molar-refractivity contribution in [1.82, 2.24) is 4.98 Å². The van der Waals surface area contributed by atoms with Gasteiger partial charge in [-0.2, -0.15) is 35.9 Å². The van der Waals surface area contributed by atoms with Crippen LogP contribution < -0.4 is 0 Å². The van der Waals surface area contributed by atoms with E-state index in [-0.39, 0.29) is 22.4 Å². The molecule has 0 unspecified atom stereocenters. The van der Waals surface area contributed by atoms with Gasteiger partial charge >= 0.3 is 22.4 Å². The summed E-state index contributed by atoms with van der Waals surface area (Å²) in [6.45, 7) is 5.59. The molecule has 0 atom stereocenters. The number of hydrogen-bond acceptors (Lipinski definition) is 1. The first-order valence-electron chi connectivity index (χ1n) is 4.51. The molecule has 1 nitrogen and oxygen atoms in total. The first-order valence-corrected chi connectivity index (χ1v) is 4.51. The topological polar surface area (TPSA) is 12.9 Å². The molecule has 0 aliphatic carbocycles. The van der Waals surface area contributed by atoms with Crippen LogP contribution in [-0.4, -0.2) is 4.98 Å². The van der Waals surface area contributed by atoms with E-state index < -0.39 is 0 Å². The normalized spacial score (nSPS) is 9.40. The maximum atomic E-state index is 5.59. The number of hydrogen-bond donors (Lipinski definition) is 0. The van der Waals surface area contributed by atoms with Crippen molar-refractivity contribution in [3.63, 3.8) is 0 Å². The fraction of sp³-hybridized carbons (Fsp3) is 0.0769. The third-order valence-electron chi connectivity index (χ3n) is 1.97. The third kappa shape index (κ3) is 3.63. The number of nitrogens with zero attached hydrogens (tertiary/aromatic N) is 1. The molecule has 1 heterocycles. The summed E-state index contributed by atoms with van der Waals surface area (Å²) in [5.74, 6) is 0. The van der Waals surface area contributed by atoms with E-state index in [9.17, 15) is 0 Å². The summed E-state index contributed by atoms with van der Waals surface area (Å²) in [4.78, 5) is 4.23. The van der Waals surface area contributed by atoms with E-state index >= 15 is 0 Å². The summed E-state index contributed by atoms with van der Waals surface area (Å²) >= 11 is 0. The second-order valence-electron chi connectivity index (χ2n) is 3.12. The van der Waals surface area contributed by atoms with Crippen LogP contribution in [-0.2, 0) is 28.8 Å². The van der Waals surface area contributed by atoms with Crippen LogP contribution in [0.5, 0.6) is 0 Å². The van der Waals surface area contributed by atoms with Crippen molar-refractivity contribution in [3.8, 4) is 0 Å². The van der Waals surface area contributed by atoms with Gasteiger partial charge in [0.15, 0.2) is 0 Å². The second kappa shape index (κ2) is 5.86. The first-order chi connectivity index (χ1) is 6.84. The Kier molecular flexibility index (Phi) is 4.76. The Bertz CT molecular complexity index is 412. The predicted molar refractivity (Wildman–Crippen MR) is 55.7 cm³/mol. The Morgan fingerprint density at radius 1 is 1.13 bits per heavy atom. The molecule has 0 N–H and O–H groups in total. The van der Waals surface area contributed by atoms with E-state index in [2.05, 4.69) is 11.1 Å². The van der Waals surface area contributed by atoms with Crippen LogP contribution in [0.2, 0.25) is 0 Å². The summed E-state index contributed by atoms with van der Waals surface area (Å²) in [5, 5.41) is 0. The van der Waals surface area contributed by atoms with Gasteiger partial charge in [0.25, 0.3) is 0 Å². The summed E-state index contributed by atoms with van der Waals surface area (Å²) in [7, 11) is 0. The zero-order valence-corrected chi connectivity index (χ0v) is 10.2. The van der Waals surface area contributed by atoms with Crippen LogP contribution in [0.15, 0.2) is 42.5 Å². The Hall–Kier alpha value is -0.890. The smallest absolute Gasteiger partial charge is 0.257 e. The Morgan fingerprint density at radius 2 is 2.00 bits per heavy atom. The molecule has 2 aromatic rings. The largest absolute Gasteiger partial charge is 1.00 e. The Morgan fingerprint density at radius 3 is 2.67 bits per heavy atom. The van der Waals surface area contributed by atoms with Crippen LogP contribution in [0.4, 0.5) is 0 Å². The summed E-state index contributed by atoms with van der Waals surface area (Å²) < 4.78 is 0. The van der Waals surface area contributed by atoms with Crippen LogP contribution >= 0.6 is 0 Å². The minimum absolute atomic E-state index is 0. The van der Waals surface area contributed by atoms with E-state index in [0.717, 1.165) is 17.7 Å². The molecule has 0 spiro atoms. The van der Waals surface area contributed by atoms with Gasteiger partial charge in [-0.05, 0) is 18.6 Å². The van der Waals surface area contributed by atoms with Crippen molar-refractivity contribution >= 4 is 0 Å². The van der Waals surface area contributed by atoms with Crippen LogP contribution in [0.3, 0.4) is 0 Å². The number of rotatable bonds is 2. The van der Waals surface area contributed by atoms with Crippen LogP contribution in [0, 0.1) is 13.0 Å². The van der Waals surface area contributed by atoms with Crippen molar-refractivity contribution in [2.45, 2.75) is 6.42 Å². The Balaban J connectivity index is 0.00000112.